The summed E-state index contributed by atoms with van der Waals surface area (Å²) >= 11 is 0. The van der Waals surface area contributed by atoms with Gasteiger partial charge in [0, 0.05) is 31.5 Å². The third kappa shape index (κ3) is 4.08. The molecule has 0 radical (unpaired) electrons. The topological polar surface area (TPSA) is 58.6 Å². The average molecular weight is 306 g/mol. The van der Waals surface area contributed by atoms with Crippen LogP contribution in [0.1, 0.15) is 38.6 Å². The van der Waals surface area contributed by atoms with Crippen LogP contribution in [0.5, 0.6) is 0 Å². The van der Waals surface area contributed by atoms with Crippen LogP contribution < -0.4 is 4.90 Å². The summed E-state index contributed by atoms with van der Waals surface area (Å²) in [6.07, 6.45) is 0.618. The monoisotopic (exact) mass is 306 g/mol. The fourth-order valence-corrected chi connectivity index (χ4v) is 2.57. The van der Waals surface area contributed by atoms with E-state index in [1.807, 2.05) is 40.7 Å². The van der Waals surface area contributed by atoms with Crippen LogP contribution in [-0.2, 0) is 4.74 Å². The zero-order chi connectivity index (χ0) is 16.5. The summed E-state index contributed by atoms with van der Waals surface area (Å²) in [4.78, 5) is 25.0. The van der Waals surface area contributed by atoms with Crippen LogP contribution in [-0.4, -0.2) is 52.7 Å². The summed E-state index contributed by atoms with van der Waals surface area (Å²) in [5.41, 5.74) is 1.46. The van der Waals surface area contributed by atoms with Crippen LogP contribution in [0.2, 0.25) is 0 Å². The normalized spacial score (nSPS) is 18.5. The third-order valence-electron chi connectivity index (χ3n) is 3.65. The Labute approximate surface area is 132 Å². The minimum atomic E-state index is -0.472. The maximum Gasteiger partial charge on any atom is 0.410 e. The van der Waals surface area contributed by atoms with Gasteiger partial charge in [0.15, 0.2) is 0 Å². The van der Waals surface area contributed by atoms with Crippen molar-refractivity contribution in [3.05, 3.63) is 17.5 Å². The van der Waals surface area contributed by atoms with E-state index in [4.69, 9.17) is 4.74 Å². The molecule has 0 saturated carbocycles. The van der Waals surface area contributed by atoms with Crippen molar-refractivity contribution in [1.82, 2.24) is 14.9 Å². The molecule has 0 N–H and O–H groups in total. The lowest BCUT2D eigenvalue weighted by atomic mass is 10.2. The van der Waals surface area contributed by atoms with E-state index in [0.29, 0.717) is 0 Å². The number of amides is 1. The molecule has 1 fully saturated rings. The Morgan fingerprint density at radius 3 is 2.45 bits per heavy atom. The second-order valence-corrected chi connectivity index (χ2v) is 6.93. The Morgan fingerprint density at radius 1 is 1.32 bits per heavy atom. The van der Waals surface area contributed by atoms with E-state index in [1.165, 1.54) is 0 Å². The summed E-state index contributed by atoms with van der Waals surface area (Å²) in [6, 6.07) is 2.09. The Kier molecular flexibility index (Phi) is 4.58. The molecule has 1 aromatic rings. The van der Waals surface area contributed by atoms with Gasteiger partial charge in [-0.15, -0.1) is 0 Å². The van der Waals surface area contributed by atoms with Gasteiger partial charge in [0.05, 0.1) is 6.04 Å². The molecule has 0 aliphatic carbocycles. The van der Waals surface area contributed by atoms with Crippen LogP contribution in [0.25, 0.3) is 0 Å². The Morgan fingerprint density at radius 2 is 1.91 bits per heavy atom. The van der Waals surface area contributed by atoms with Crippen molar-refractivity contribution in [1.29, 1.82) is 0 Å². The van der Waals surface area contributed by atoms with Crippen LogP contribution in [0.3, 0.4) is 0 Å². The Bertz CT molecular complexity index is 533. The lowest BCUT2D eigenvalue weighted by Crippen LogP contribution is -2.42. The molecule has 22 heavy (non-hydrogen) atoms. The van der Waals surface area contributed by atoms with Crippen molar-refractivity contribution in [2.24, 2.45) is 0 Å². The number of aryl methyl sites for hydroxylation is 2. The molecule has 0 spiro atoms. The largest absolute Gasteiger partial charge is 0.444 e. The fraction of sp³-hybridized carbons (Fsp3) is 0.688. The molecule has 1 aliphatic heterocycles. The highest BCUT2D eigenvalue weighted by atomic mass is 16.6. The summed E-state index contributed by atoms with van der Waals surface area (Å²) in [6.45, 7) is 11.2. The van der Waals surface area contributed by atoms with E-state index in [0.717, 1.165) is 36.8 Å². The molecule has 6 heteroatoms. The van der Waals surface area contributed by atoms with Gasteiger partial charge in [-0.1, -0.05) is 0 Å². The number of nitrogens with zero attached hydrogens (tertiary/aromatic N) is 4. The van der Waals surface area contributed by atoms with Crippen LogP contribution in [0, 0.1) is 13.8 Å². The van der Waals surface area contributed by atoms with E-state index in [9.17, 15) is 4.79 Å². The van der Waals surface area contributed by atoms with Gasteiger partial charge in [-0.3, -0.25) is 0 Å². The summed E-state index contributed by atoms with van der Waals surface area (Å²) < 4.78 is 5.43. The first-order valence-corrected chi connectivity index (χ1v) is 7.69. The lowest BCUT2D eigenvalue weighted by molar-refractivity contribution is 0.0238. The molecule has 0 unspecified atom stereocenters. The van der Waals surface area contributed by atoms with E-state index in [2.05, 4.69) is 14.9 Å². The molecule has 1 aliphatic rings. The maximum atomic E-state index is 12.2. The minimum absolute atomic E-state index is 0.124. The van der Waals surface area contributed by atoms with Crippen molar-refractivity contribution in [2.45, 2.75) is 52.7 Å². The number of carbonyl (C=O) groups excluding carboxylic acids is 1. The van der Waals surface area contributed by atoms with Crippen LogP contribution in [0.15, 0.2) is 6.07 Å². The molecular formula is C16H26N4O2. The summed E-state index contributed by atoms with van der Waals surface area (Å²) in [7, 11) is 1.80. The van der Waals surface area contributed by atoms with Crippen LogP contribution in [0.4, 0.5) is 10.7 Å². The number of carbonyl (C=O) groups is 1. The highest BCUT2D eigenvalue weighted by molar-refractivity contribution is 5.68. The zero-order valence-electron chi connectivity index (χ0n) is 14.4. The quantitative estimate of drug-likeness (QED) is 0.840. The number of likely N-dealkylation sites (N-methyl/N-ethyl adjacent to an activating group) is 1. The second-order valence-electron chi connectivity index (χ2n) is 6.93. The molecule has 1 atom stereocenters. The molecule has 122 valence electrons. The van der Waals surface area contributed by atoms with E-state index >= 15 is 0 Å². The number of rotatable bonds is 2. The van der Waals surface area contributed by atoms with Gasteiger partial charge in [-0.05, 0) is 47.1 Å². The molecule has 0 bridgehead atoms. The molecular weight excluding hydrogens is 280 g/mol. The molecule has 2 rings (SSSR count). The van der Waals surface area contributed by atoms with Gasteiger partial charge in [-0.2, -0.15) is 0 Å². The van der Waals surface area contributed by atoms with Gasteiger partial charge in [-0.25, -0.2) is 14.8 Å². The smallest absolute Gasteiger partial charge is 0.410 e. The van der Waals surface area contributed by atoms with E-state index in [1.54, 1.807) is 11.9 Å². The lowest BCUT2D eigenvalue weighted by Gasteiger charge is -2.28. The first kappa shape index (κ1) is 16.5. The first-order valence-electron chi connectivity index (χ1n) is 7.69. The predicted octanol–water partition coefficient (Wildman–Crippen LogP) is 2.54. The SMILES string of the molecule is Cc1cc(C)nc(N2CC[C@@H](N(C)C(=O)OC(C)(C)C)C2)n1. The number of hydrogen-bond donors (Lipinski definition) is 0. The molecule has 0 aromatic carbocycles. The van der Waals surface area contributed by atoms with Crippen molar-refractivity contribution in [2.75, 3.05) is 25.0 Å². The molecule has 1 amide bonds. The van der Waals surface area contributed by atoms with Crippen molar-refractivity contribution < 1.29 is 9.53 Å². The van der Waals surface area contributed by atoms with Gasteiger partial charge in [0.25, 0.3) is 0 Å². The molecule has 6 nitrogen and oxygen atoms in total. The molecule has 2 heterocycles. The van der Waals surface area contributed by atoms with Gasteiger partial charge < -0.3 is 14.5 Å². The van der Waals surface area contributed by atoms with E-state index < -0.39 is 5.60 Å². The predicted molar refractivity (Wildman–Crippen MR) is 86.1 cm³/mol. The summed E-state index contributed by atoms with van der Waals surface area (Å²) in [5, 5.41) is 0. The first-order chi connectivity index (χ1) is 10.2. The van der Waals surface area contributed by atoms with Gasteiger partial charge in [0.2, 0.25) is 5.95 Å². The second kappa shape index (κ2) is 6.10. The van der Waals surface area contributed by atoms with Gasteiger partial charge in [0.1, 0.15) is 5.60 Å². The van der Waals surface area contributed by atoms with Crippen molar-refractivity contribution in [3.63, 3.8) is 0 Å². The number of anilines is 1. The number of aromatic nitrogens is 2. The molecule has 1 aromatic heterocycles. The molecule has 1 saturated heterocycles. The number of ether oxygens (including phenoxy) is 1. The standard InChI is InChI=1S/C16H26N4O2/c1-11-9-12(2)18-14(17-11)20-8-7-13(10-20)19(6)15(21)22-16(3,4)5/h9,13H,7-8,10H2,1-6H3/t13-/m1/s1. The summed E-state index contributed by atoms with van der Waals surface area (Å²) in [5.74, 6) is 0.748. The van der Waals surface area contributed by atoms with E-state index in [-0.39, 0.29) is 12.1 Å². The van der Waals surface area contributed by atoms with Gasteiger partial charge >= 0.3 is 6.09 Å². The van der Waals surface area contributed by atoms with Crippen LogP contribution >= 0.6 is 0 Å². The Hall–Kier alpha value is -1.85. The number of hydrogen-bond acceptors (Lipinski definition) is 5. The Balaban J connectivity index is 2.01. The minimum Gasteiger partial charge on any atom is -0.444 e. The highest BCUT2D eigenvalue weighted by Crippen LogP contribution is 2.21. The highest BCUT2D eigenvalue weighted by Gasteiger charge is 2.32. The van der Waals surface area contributed by atoms with Crippen molar-refractivity contribution >= 4 is 12.0 Å². The maximum absolute atomic E-state index is 12.2. The fourth-order valence-electron chi connectivity index (χ4n) is 2.57. The third-order valence-corrected chi connectivity index (χ3v) is 3.65. The zero-order valence-corrected chi connectivity index (χ0v) is 14.4. The average Bonchev–Trinajstić information content (AvgIpc) is 2.84. The van der Waals surface area contributed by atoms with Crippen molar-refractivity contribution in [3.8, 4) is 0 Å².